The Labute approximate surface area is 184 Å². The standard InChI is InChI=1S/C30H26N/c1-18-8-6-11-23-27-22-14-13-21-16-19-9-4-5-10-20(19)17-25(21)26(22)24-12-7-15-31(29(24)27)30(2,3)28(18)23/h4-15,27H,16-17H2,1-3H3/q+1. The number of aromatic nitrogens is 1. The van der Waals surface area contributed by atoms with Gasteiger partial charge >= 0.3 is 0 Å². The van der Waals surface area contributed by atoms with Crippen molar-refractivity contribution in [1.82, 2.24) is 0 Å². The van der Waals surface area contributed by atoms with Gasteiger partial charge in [0.25, 0.3) is 0 Å². The number of benzene rings is 3. The van der Waals surface area contributed by atoms with Crippen molar-refractivity contribution < 1.29 is 4.57 Å². The fourth-order valence-corrected chi connectivity index (χ4v) is 6.80. The van der Waals surface area contributed by atoms with Crippen LogP contribution in [0.1, 0.15) is 70.0 Å². The molecular weight excluding hydrogens is 374 g/mol. The molecule has 7 rings (SSSR count). The molecule has 0 spiro atoms. The summed E-state index contributed by atoms with van der Waals surface area (Å²) in [6.07, 6.45) is 4.39. The molecule has 1 atom stereocenters. The van der Waals surface area contributed by atoms with E-state index in [1.54, 1.807) is 5.56 Å². The summed E-state index contributed by atoms with van der Waals surface area (Å²) >= 11 is 0. The molecule has 31 heavy (non-hydrogen) atoms. The van der Waals surface area contributed by atoms with Gasteiger partial charge in [-0.2, -0.15) is 4.57 Å². The molecule has 0 bridgehead atoms. The molecule has 0 saturated heterocycles. The lowest BCUT2D eigenvalue weighted by molar-refractivity contribution is -0.755. The molecule has 2 aliphatic carbocycles. The van der Waals surface area contributed by atoms with Gasteiger partial charge in [0.2, 0.25) is 5.69 Å². The zero-order valence-electron chi connectivity index (χ0n) is 18.4. The van der Waals surface area contributed by atoms with Crippen LogP contribution in [0.5, 0.6) is 0 Å². The highest BCUT2D eigenvalue weighted by atomic mass is 15.1. The molecule has 0 saturated carbocycles. The molecule has 3 aliphatic rings. The van der Waals surface area contributed by atoms with Gasteiger partial charge < -0.3 is 0 Å². The van der Waals surface area contributed by atoms with Crippen LogP contribution in [0.2, 0.25) is 0 Å². The smallest absolute Gasteiger partial charge is 0.192 e. The van der Waals surface area contributed by atoms with Crippen molar-refractivity contribution in [3.63, 3.8) is 0 Å². The van der Waals surface area contributed by atoms with E-state index in [9.17, 15) is 0 Å². The number of aryl methyl sites for hydroxylation is 1. The van der Waals surface area contributed by atoms with Crippen molar-refractivity contribution in [3.05, 3.63) is 123 Å². The second kappa shape index (κ2) is 5.73. The minimum atomic E-state index is -0.0583. The van der Waals surface area contributed by atoms with E-state index in [4.69, 9.17) is 0 Å². The number of pyridine rings is 1. The average Bonchev–Trinajstić information content (AvgIpc) is 3.11. The summed E-state index contributed by atoms with van der Waals surface area (Å²) in [5.74, 6) is 0.330. The van der Waals surface area contributed by atoms with Crippen LogP contribution in [0.3, 0.4) is 0 Å². The van der Waals surface area contributed by atoms with Gasteiger partial charge in [-0.1, -0.05) is 54.6 Å². The molecule has 1 heteroatoms. The van der Waals surface area contributed by atoms with E-state index >= 15 is 0 Å². The van der Waals surface area contributed by atoms with E-state index in [2.05, 4.69) is 98.3 Å². The van der Waals surface area contributed by atoms with Crippen LogP contribution in [-0.4, -0.2) is 0 Å². The lowest BCUT2D eigenvalue weighted by Crippen LogP contribution is -2.59. The van der Waals surface area contributed by atoms with Gasteiger partial charge in [0.1, 0.15) is 0 Å². The first-order chi connectivity index (χ1) is 15.1. The lowest BCUT2D eigenvalue weighted by atomic mass is 9.75. The fourth-order valence-electron chi connectivity index (χ4n) is 6.80. The molecule has 2 heterocycles. The Kier molecular flexibility index (Phi) is 3.23. The monoisotopic (exact) mass is 400 g/mol. The maximum atomic E-state index is 2.56. The van der Waals surface area contributed by atoms with E-state index in [-0.39, 0.29) is 5.54 Å². The topological polar surface area (TPSA) is 3.88 Å². The zero-order valence-corrected chi connectivity index (χ0v) is 18.4. The minimum Gasteiger partial charge on any atom is -0.192 e. The molecule has 4 aromatic rings. The molecule has 1 unspecified atom stereocenters. The van der Waals surface area contributed by atoms with Crippen LogP contribution < -0.4 is 4.57 Å². The minimum absolute atomic E-state index is 0.0583. The Balaban J connectivity index is 1.56. The number of hydrogen-bond donors (Lipinski definition) is 0. The Morgan fingerprint density at radius 1 is 0.774 bits per heavy atom. The molecule has 0 fully saturated rings. The summed E-state index contributed by atoms with van der Waals surface area (Å²) in [7, 11) is 0. The maximum absolute atomic E-state index is 2.56. The van der Waals surface area contributed by atoms with Gasteiger partial charge in [0, 0.05) is 25.5 Å². The van der Waals surface area contributed by atoms with Gasteiger partial charge in [0.05, 0.1) is 11.5 Å². The predicted octanol–water partition coefficient (Wildman–Crippen LogP) is 6.03. The molecule has 0 amide bonds. The van der Waals surface area contributed by atoms with Crippen LogP contribution in [0.25, 0.3) is 11.1 Å². The first kappa shape index (κ1) is 17.5. The summed E-state index contributed by atoms with van der Waals surface area (Å²) in [6, 6.07) is 25.3. The Morgan fingerprint density at radius 2 is 1.58 bits per heavy atom. The highest BCUT2D eigenvalue weighted by molar-refractivity contribution is 5.83. The van der Waals surface area contributed by atoms with Crippen molar-refractivity contribution in [3.8, 4) is 11.1 Å². The average molecular weight is 401 g/mol. The Morgan fingerprint density at radius 3 is 2.42 bits per heavy atom. The van der Waals surface area contributed by atoms with Gasteiger partial charge in [0.15, 0.2) is 11.7 Å². The van der Waals surface area contributed by atoms with Crippen molar-refractivity contribution in [2.24, 2.45) is 0 Å². The third-order valence-electron chi connectivity index (χ3n) is 8.03. The largest absolute Gasteiger partial charge is 0.202 e. The van der Waals surface area contributed by atoms with Crippen LogP contribution in [0, 0.1) is 6.92 Å². The van der Waals surface area contributed by atoms with Crippen molar-refractivity contribution in [2.45, 2.75) is 45.1 Å². The SMILES string of the molecule is Cc1cccc2c1C(C)(C)[n+]1cccc3c1C2c1ccc2c(c1-3)Cc1ccccc1C2. The highest BCUT2D eigenvalue weighted by Crippen LogP contribution is 2.54. The van der Waals surface area contributed by atoms with E-state index in [0.717, 1.165) is 12.8 Å². The third-order valence-corrected chi connectivity index (χ3v) is 8.03. The third kappa shape index (κ3) is 2.09. The summed E-state index contributed by atoms with van der Waals surface area (Å²) < 4.78 is 2.56. The maximum Gasteiger partial charge on any atom is 0.202 e. The molecule has 3 aromatic carbocycles. The second-order valence-corrected chi connectivity index (χ2v) is 10.00. The zero-order chi connectivity index (χ0) is 20.9. The molecule has 0 radical (unpaired) electrons. The number of fused-ring (bicyclic) bond motifs is 8. The summed E-state index contributed by atoms with van der Waals surface area (Å²) in [5, 5.41) is 0. The molecular formula is C30H26N+. The normalized spacial score (nSPS) is 18.5. The molecule has 0 N–H and O–H groups in total. The number of nitrogens with zero attached hydrogens (tertiary/aromatic N) is 1. The Bertz CT molecular complexity index is 1420. The van der Waals surface area contributed by atoms with Crippen molar-refractivity contribution >= 4 is 0 Å². The fraction of sp³-hybridized carbons (Fsp3) is 0.233. The molecule has 1 nitrogen and oxygen atoms in total. The quantitative estimate of drug-likeness (QED) is 0.274. The highest BCUT2D eigenvalue weighted by Gasteiger charge is 2.51. The molecule has 1 aliphatic heterocycles. The summed E-state index contributed by atoms with van der Waals surface area (Å²) in [5.41, 5.74) is 16.3. The van der Waals surface area contributed by atoms with Crippen molar-refractivity contribution in [1.29, 1.82) is 0 Å². The van der Waals surface area contributed by atoms with Crippen molar-refractivity contribution in [2.75, 3.05) is 0 Å². The van der Waals surface area contributed by atoms with Gasteiger partial charge in [-0.3, -0.25) is 0 Å². The van der Waals surface area contributed by atoms with Gasteiger partial charge in [-0.25, -0.2) is 0 Å². The summed E-state index contributed by atoms with van der Waals surface area (Å²) in [4.78, 5) is 0. The number of hydrogen-bond acceptors (Lipinski definition) is 0. The second-order valence-electron chi connectivity index (χ2n) is 10.00. The van der Waals surface area contributed by atoms with Gasteiger partial charge in [-0.15, -0.1) is 0 Å². The lowest BCUT2D eigenvalue weighted by Gasteiger charge is -2.33. The van der Waals surface area contributed by atoms with Crippen LogP contribution in [0.15, 0.2) is 72.9 Å². The predicted molar refractivity (Wildman–Crippen MR) is 125 cm³/mol. The van der Waals surface area contributed by atoms with Crippen LogP contribution in [-0.2, 0) is 18.4 Å². The number of rotatable bonds is 0. The van der Waals surface area contributed by atoms with E-state index in [1.165, 1.54) is 55.8 Å². The molecule has 150 valence electrons. The Hall–Kier alpha value is -3.19. The van der Waals surface area contributed by atoms with Crippen LogP contribution >= 0.6 is 0 Å². The first-order valence-electron chi connectivity index (χ1n) is 11.4. The van der Waals surface area contributed by atoms with E-state index in [1.807, 2.05) is 0 Å². The molecule has 1 aromatic heterocycles. The van der Waals surface area contributed by atoms with Gasteiger partial charge in [-0.05, 0) is 70.3 Å². The first-order valence-corrected chi connectivity index (χ1v) is 11.4. The summed E-state index contributed by atoms with van der Waals surface area (Å²) in [6.45, 7) is 7.03. The van der Waals surface area contributed by atoms with E-state index in [0.29, 0.717) is 5.92 Å². The van der Waals surface area contributed by atoms with Crippen LogP contribution in [0.4, 0.5) is 0 Å². The van der Waals surface area contributed by atoms with E-state index < -0.39 is 0 Å².